The van der Waals surface area contributed by atoms with Gasteiger partial charge in [-0.1, -0.05) is 65.5 Å². The normalized spacial score (nSPS) is 40.1. The van der Waals surface area contributed by atoms with Crippen molar-refractivity contribution < 1.29 is 9.90 Å². The van der Waals surface area contributed by atoms with E-state index in [9.17, 15) is 9.90 Å². The number of carbonyl (C=O) groups excluding carboxylic acids is 1. The molecule has 3 N–H and O–H groups in total. The molecule has 0 aliphatic heterocycles. The third-order valence-corrected chi connectivity index (χ3v) is 11.7. The van der Waals surface area contributed by atoms with Gasteiger partial charge in [-0.05, 0) is 105 Å². The van der Waals surface area contributed by atoms with Gasteiger partial charge in [0.25, 0.3) is 5.91 Å². The number of nitrogens with zero attached hydrogens (tertiary/aromatic N) is 1. The van der Waals surface area contributed by atoms with Gasteiger partial charge >= 0.3 is 0 Å². The zero-order valence-corrected chi connectivity index (χ0v) is 25.0. The summed E-state index contributed by atoms with van der Waals surface area (Å²) in [5, 5.41) is 11.4. The lowest BCUT2D eigenvalue weighted by Crippen LogP contribution is -2.58. The number of carbonyl (C=O) groups is 1. The molecule has 8 atom stereocenters. The van der Waals surface area contributed by atoms with Gasteiger partial charge in [-0.25, -0.2) is 5.43 Å². The van der Waals surface area contributed by atoms with Crippen LogP contribution < -0.4 is 10.9 Å². The molecule has 0 aromatic carbocycles. The Morgan fingerprint density at radius 1 is 1.08 bits per heavy atom. The number of hydrogen-bond acceptors (Lipinski definition) is 4. The number of likely N-dealkylation sites (N-methyl/N-ethyl adjacent to an activating group) is 1. The number of aliphatic hydroxyl groups is 1. The van der Waals surface area contributed by atoms with Gasteiger partial charge in [0.05, 0.1) is 0 Å². The molecule has 0 radical (unpaired) electrons. The molecule has 5 heteroatoms. The van der Waals surface area contributed by atoms with E-state index in [2.05, 4.69) is 56.4 Å². The van der Waals surface area contributed by atoms with Crippen LogP contribution in [-0.2, 0) is 4.79 Å². The quantitative estimate of drug-likeness (QED) is 0.191. The molecule has 4 aliphatic rings. The summed E-state index contributed by atoms with van der Waals surface area (Å²) >= 11 is 0. The molecule has 0 spiro atoms. The van der Waals surface area contributed by atoms with Gasteiger partial charge in [-0.15, -0.1) is 0 Å². The van der Waals surface area contributed by atoms with E-state index in [0.717, 1.165) is 49.0 Å². The highest BCUT2D eigenvalue weighted by atomic mass is 16.3. The van der Waals surface area contributed by atoms with Gasteiger partial charge in [0.1, 0.15) is 5.60 Å². The first-order valence-corrected chi connectivity index (χ1v) is 15.5. The summed E-state index contributed by atoms with van der Waals surface area (Å²) in [5.74, 6) is 4.58. The maximum atomic E-state index is 13.0. The fourth-order valence-electron chi connectivity index (χ4n) is 9.40. The first-order chi connectivity index (χ1) is 17.4. The minimum atomic E-state index is -1.30. The summed E-state index contributed by atoms with van der Waals surface area (Å²) in [5.41, 5.74) is 6.48. The lowest BCUT2D eigenvalue weighted by molar-refractivity contribution is -0.146. The number of nitrogens with one attached hydrogen (secondary N) is 2. The fraction of sp³-hybridized carbons (Fsp3) is 0.906. The van der Waals surface area contributed by atoms with E-state index in [4.69, 9.17) is 0 Å². The molecule has 3 fully saturated rings. The van der Waals surface area contributed by atoms with E-state index in [-0.39, 0.29) is 11.3 Å². The van der Waals surface area contributed by atoms with Crippen LogP contribution in [0.2, 0.25) is 0 Å². The zero-order valence-electron chi connectivity index (χ0n) is 25.0. The second kappa shape index (κ2) is 11.3. The van der Waals surface area contributed by atoms with Gasteiger partial charge < -0.3 is 10.0 Å². The topological polar surface area (TPSA) is 64.6 Å². The van der Waals surface area contributed by atoms with Crippen molar-refractivity contribution in [3.8, 4) is 0 Å². The molecule has 3 saturated carbocycles. The molecule has 4 aliphatic carbocycles. The summed E-state index contributed by atoms with van der Waals surface area (Å²) in [6.07, 6.45) is 15.2. The highest BCUT2D eigenvalue weighted by molar-refractivity contribution is 5.85. The SMILES string of the molecule is CC(C)CCC[C@@H](C)[C@H]1CC[C@H]2[C@@H]3CC=C4C[C@@](O)(C(=O)NNCCN(C)C)CC[C@]4(C)[C@H]3CC[C@]12C. The predicted octanol–water partition coefficient (Wildman–Crippen LogP) is 5.94. The summed E-state index contributed by atoms with van der Waals surface area (Å²) in [7, 11) is 4.02. The van der Waals surface area contributed by atoms with Crippen LogP contribution in [0.3, 0.4) is 0 Å². The van der Waals surface area contributed by atoms with Gasteiger partial charge in [0, 0.05) is 19.5 Å². The average molecular weight is 516 g/mol. The summed E-state index contributed by atoms with van der Waals surface area (Å²) in [6, 6.07) is 0. The molecule has 212 valence electrons. The Kier molecular flexibility index (Phi) is 8.88. The third-order valence-electron chi connectivity index (χ3n) is 11.7. The van der Waals surface area contributed by atoms with Crippen LogP contribution in [0.1, 0.15) is 105 Å². The smallest absolute Gasteiger partial charge is 0.266 e. The Balaban J connectivity index is 1.42. The minimum absolute atomic E-state index is 0.135. The molecule has 1 amide bonds. The van der Waals surface area contributed by atoms with Crippen molar-refractivity contribution in [2.75, 3.05) is 27.2 Å². The second-order valence-corrected chi connectivity index (χ2v) is 14.7. The summed E-state index contributed by atoms with van der Waals surface area (Å²) in [4.78, 5) is 15.0. The van der Waals surface area contributed by atoms with Crippen molar-refractivity contribution in [3.63, 3.8) is 0 Å². The van der Waals surface area contributed by atoms with E-state index >= 15 is 0 Å². The predicted molar refractivity (Wildman–Crippen MR) is 153 cm³/mol. The highest BCUT2D eigenvalue weighted by Gasteiger charge is 2.60. The first kappa shape index (κ1) is 29.1. The van der Waals surface area contributed by atoms with Crippen LogP contribution in [0.15, 0.2) is 11.6 Å². The number of amides is 1. The Bertz CT molecular complexity index is 840. The summed E-state index contributed by atoms with van der Waals surface area (Å²) in [6.45, 7) is 13.9. The van der Waals surface area contributed by atoms with Crippen molar-refractivity contribution in [3.05, 3.63) is 11.6 Å². The van der Waals surface area contributed by atoms with Crippen LogP contribution in [0, 0.1) is 46.3 Å². The average Bonchev–Trinajstić information content (AvgIpc) is 3.19. The standard InChI is InChI=1S/C32H57N3O2/c1-22(2)9-8-10-23(3)26-13-14-27-25-12-11-24-21-32(37,29(36)34-33-19-20-35(6)7)18-17-30(24,4)28(25)15-16-31(26,27)5/h11,22-23,25-28,33,37H,8-10,12-21H2,1-7H3,(H,34,36)/t23-,25+,26-,27+,28+,30+,31-,32-/m1/s1. The molecular formula is C32H57N3O2. The molecule has 0 saturated heterocycles. The molecule has 0 aromatic heterocycles. The van der Waals surface area contributed by atoms with Crippen LogP contribution in [0.5, 0.6) is 0 Å². The van der Waals surface area contributed by atoms with E-state index < -0.39 is 5.60 Å². The van der Waals surface area contributed by atoms with Gasteiger partial charge in [-0.3, -0.25) is 10.2 Å². The number of fused-ring (bicyclic) bond motifs is 5. The maximum absolute atomic E-state index is 13.0. The van der Waals surface area contributed by atoms with Gasteiger partial charge in [0.2, 0.25) is 0 Å². The van der Waals surface area contributed by atoms with Crippen molar-refractivity contribution in [2.24, 2.45) is 46.3 Å². The van der Waals surface area contributed by atoms with Crippen LogP contribution in [0.4, 0.5) is 0 Å². The van der Waals surface area contributed by atoms with E-state index in [1.807, 2.05) is 14.1 Å². The zero-order chi connectivity index (χ0) is 27.0. The van der Waals surface area contributed by atoms with Crippen molar-refractivity contribution in [1.29, 1.82) is 0 Å². The number of allylic oxidation sites excluding steroid dienone is 1. The molecule has 0 heterocycles. The molecule has 37 heavy (non-hydrogen) atoms. The van der Waals surface area contributed by atoms with Crippen molar-refractivity contribution >= 4 is 5.91 Å². The minimum Gasteiger partial charge on any atom is -0.380 e. The monoisotopic (exact) mass is 515 g/mol. The highest BCUT2D eigenvalue weighted by Crippen LogP contribution is 2.67. The largest absolute Gasteiger partial charge is 0.380 e. The Hall–Kier alpha value is -0.910. The fourth-order valence-corrected chi connectivity index (χ4v) is 9.40. The number of hydrogen-bond donors (Lipinski definition) is 3. The van der Waals surface area contributed by atoms with Crippen LogP contribution >= 0.6 is 0 Å². The maximum Gasteiger partial charge on any atom is 0.266 e. The summed E-state index contributed by atoms with van der Waals surface area (Å²) < 4.78 is 0. The van der Waals surface area contributed by atoms with E-state index in [0.29, 0.717) is 30.7 Å². The van der Waals surface area contributed by atoms with E-state index in [1.165, 1.54) is 50.5 Å². The first-order valence-electron chi connectivity index (χ1n) is 15.5. The van der Waals surface area contributed by atoms with Gasteiger partial charge in [0.15, 0.2) is 0 Å². The second-order valence-electron chi connectivity index (χ2n) is 14.7. The molecule has 0 bridgehead atoms. The number of hydrazine groups is 1. The molecule has 0 aromatic rings. The van der Waals surface area contributed by atoms with Crippen LogP contribution in [-0.4, -0.2) is 48.7 Å². The van der Waals surface area contributed by atoms with Crippen molar-refractivity contribution in [1.82, 2.24) is 15.8 Å². The Labute approximate surface area is 227 Å². The Morgan fingerprint density at radius 2 is 1.84 bits per heavy atom. The third kappa shape index (κ3) is 5.70. The number of rotatable bonds is 10. The molecule has 0 unspecified atom stereocenters. The lowest BCUT2D eigenvalue weighted by atomic mass is 9.46. The Morgan fingerprint density at radius 3 is 2.54 bits per heavy atom. The van der Waals surface area contributed by atoms with Crippen LogP contribution in [0.25, 0.3) is 0 Å². The molecule has 5 nitrogen and oxygen atoms in total. The molecule has 4 rings (SSSR count). The lowest BCUT2D eigenvalue weighted by Gasteiger charge is -2.59. The van der Waals surface area contributed by atoms with E-state index in [1.54, 1.807) is 0 Å². The van der Waals surface area contributed by atoms with Crippen molar-refractivity contribution in [2.45, 2.75) is 111 Å². The van der Waals surface area contributed by atoms with Gasteiger partial charge in [-0.2, -0.15) is 0 Å². The molecular weight excluding hydrogens is 458 g/mol.